The molecule has 17 heavy (non-hydrogen) atoms. The molecule has 0 saturated heterocycles. The third kappa shape index (κ3) is 3.48. The Morgan fingerprint density at radius 1 is 1.53 bits per heavy atom. The number of pyridine rings is 1. The first-order valence-corrected chi connectivity index (χ1v) is 4.76. The summed E-state index contributed by atoms with van der Waals surface area (Å²) in [4.78, 5) is 3.33. The topological polar surface area (TPSA) is 48.7 Å². The minimum absolute atomic E-state index is 0.124. The highest BCUT2D eigenvalue weighted by molar-refractivity contribution is 5.20. The van der Waals surface area contributed by atoms with Crippen molar-refractivity contribution in [3.05, 3.63) is 42.4 Å². The van der Waals surface area contributed by atoms with E-state index < -0.39 is 17.9 Å². The van der Waals surface area contributed by atoms with Crippen LogP contribution < -0.4 is 5.32 Å². The fraction of sp³-hybridized carbons (Fsp3) is 0.273. The SMILES string of the molecule is C=CNC(CC#N)c1ccc(C(F)(F)F)nc1. The van der Waals surface area contributed by atoms with Crippen molar-refractivity contribution in [2.24, 2.45) is 0 Å². The van der Waals surface area contributed by atoms with Gasteiger partial charge >= 0.3 is 6.18 Å². The zero-order valence-corrected chi connectivity index (χ0v) is 8.83. The minimum atomic E-state index is -4.45. The Bertz CT molecular complexity index is 417. The Morgan fingerprint density at radius 3 is 2.65 bits per heavy atom. The van der Waals surface area contributed by atoms with E-state index in [1.165, 1.54) is 12.3 Å². The van der Waals surface area contributed by atoms with Gasteiger partial charge < -0.3 is 5.32 Å². The van der Waals surface area contributed by atoms with Crippen LogP contribution in [-0.4, -0.2) is 4.98 Å². The molecule has 0 saturated carbocycles. The van der Waals surface area contributed by atoms with Crippen molar-refractivity contribution < 1.29 is 13.2 Å². The summed E-state index contributed by atoms with van der Waals surface area (Å²) in [5, 5.41) is 11.4. The Kier molecular flexibility index (Phi) is 4.10. The second-order valence-corrected chi connectivity index (χ2v) is 3.26. The van der Waals surface area contributed by atoms with Crippen LogP contribution in [0.3, 0.4) is 0 Å². The van der Waals surface area contributed by atoms with Crippen LogP contribution in [0.2, 0.25) is 0 Å². The van der Waals surface area contributed by atoms with E-state index in [1.807, 2.05) is 6.07 Å². The molecule has 0 aliphatic heterocycles. The van der Waals surface area contributed by atoms with E-state index in [1.54, 1.807) is 0 Å². The van der Waals surface area contributed by atoms with Crippen molar-refractivity contribution in [3.8, 4) is 6.07 Å². The van der Waals surface area contributed by atoms with Crippen LogP contribution in [0, 0.1) is 11.3 Å². The summed E-state index contributed by atoms with van der Waals surface area (Å²) < 4.78 is 36.8. The molecule has 3 nitrogen and oxygen atoms in total. The van der Waals surface area contributed by atoms with Crippen LogP contribution >= 0.6 is 0 Å². The molecule has 0 bridgehead atoms. The first-order chi connectivity index (χ1) is 7.99. The maximum Gasteiger partial charge on any atom is 0.433 e. The predicted octanol–water partition coefficient (Wildman–Crippen LogP) is 2.79. The Balaban J connectivity index is 2.92. The molecule has 0 fully saturated rings. The zero-order chi connectivity index (χ0) is 12.9. The summed E-state index contributed by atoms with van der Waals surface area (Å²) in [5.74, 6) is 0. The molecule has 1 rings (SSSR count). The van der Waals surface area contributed by atoms with Crippen molar-refractivity contribution in [3.63, 3.8) is 0 Å². The van der Waals surface area contributed by atoms with E-state index >= 15 is 0 Å². The van der Waals surface area contributed by atoms with Crippen molar-refractivity contribution in [1.82, 2.24) is 10.3 Å². The monoisotopic (exact) mass is 241 g/mol. The molecule has 0 radical (unpaired) electrons. The number of nitriles is 1. The normalized spacial score (nSPS) is 12.6. The molecule has 1 atom stereocenters. The number of nitrogens with one attached hydrogen (secondary N) is 1. The first-order valence-electron chi connectivity index (χ1n) is 4.76. The van der Waals surface area contributed by atoms with E-state index in [0.717, 1.165) is 12.3 Å². The van der Waals surface area contributed by atoms with Crippen LogP contribution in [0.1, 0.15) is 23.7 Å². The van der Waals surface area contributed by atoms with Gasteiger partial charge in [-0.15, -0.1) is 0 Å². The Morgan fingerprint density at radius 2 is 2.24 bits per heavy atom. The third-order valence-electron chi connectivity index (χ3n) is 2.09. The van der Waals surface area contributed by atoms with Gasteiger partial charge in [0.25, 0.3) is 0 Å². The molecule has 1 heterocycles. The summed E-state index contributed by atoms with van der Waals surface area (Å²) in [6.07, 6.45) is -1.82. The van der Waals surface area contributed by atoms with Crippen molar-refractivity contribution in [2.45, 2.75) is 18.6 Å². The number of alkyl halides is 3. The smallest absolute Gasteiger partial charge is 0.383 e. The van der Waals surface area contributed by atoms with Crippen molar-refractivity contribution >= 4 is 0 Å². The van der Waals surface area contributed by atoms with Gasteiger partial charge in [0.1, 0.15) is 5.69 Å². The quantitative estimate of drug-likeness (QED) is 0.881. The number of nitrogens with zero attached hydrogens (tertiary/aromatic N) is 2. The third-order valence-corrected chi connectivity index (χ3v) is 2.09. The lowest BCUT2D eigenvalue weighted by atomic mass is 10.1. The molecule has 0 aliphatic carbocycles. The molecule has 0 aliphatic rings. The molecule has 1 unspecified atom stereocenters. The lowest BCUT2D eigenvalue weighted by Gasteiger charge is -2.14. The zero-order valence-electron chi connectivity index (χ0n) is 8.83. The van der Waals surface area contributed by atoms with Crippen LogP contribution in [-0.2, 0) is 6.18 Å². The molecule has 6 heteroatoms. The standard InChI is InChI=1S/C11H10F3N3/c1-2-16-9(5-6-15)8-3-4-10(17-7-8)11(12,13)14/h2-4,7,9,16H,1,5H2. The molecule has 0 spiro atoms. The largest absolute Gasteiger partial charge is 0.433 e. The molecular weight excluding hydrogens is 231 g/mol. The molecular formula is C11H10F3N3. The minimum Gasteiger partial charge on any atom is -0.383 e. The Hall–Kier alpha value is -2.03. The van der Waals surface area contributed by atoms with E-state index in [0.29, 0.717) is 5.56 Å². The first kappa shape index (κ1) is 13.0. The Labute approximate surface area is 96.6 Å². The van der Waals surface area contributed by atoms with Crippen LogP contribution in [0.15, 0.2) is 31.1 Å². The number of rotatable bonds is 4. The molecule has 90 valence electrons. The summed E-state index contributed by atoms with van der Waals surface area (Å²) in [6.45, 7) is 3.44. The van der Waals surface area contributed by atoms with Crippen LogP contribution in [0.5, 0.6) is 0 Å². The van der Waals surface area contributed by atoms with Crippen LogP contribution in [0.4, 0.5) is 13.2 Å². The molecule has 1 N–H and O–H groups in total. The summed E-state index contributed by atoms with van der Waals surface area (Å²) >= 11 is 0. The van der Waals surface area contributed by atoms with Crippen LogP contribution in [0.25, 0.3) is 0 Å². The lowest BCUT2D eigenvalue weighted by molar-refractivity contribution is -0.141. The average Bonchev–Trinajstić information content (AvgIpc) is 2.28. The van der Waals surface area contributed by atoms with Gasteiger partial charge in [-0.2, -0.15) is 18.4 Å². The van der Waals surface area contributed by atoms with Gasteiger partial charge in [-0.25, -0.2) is 0 Å². The van der Waals surface area contributed by atoms with Gasteiger partial charge in [-0.1, -0.05) is 12.6 Å². The maximum absolute atomic E-state index is 12.3. The highest BCUT2D eigenvalue weighted by Gasteiger charge is 2.32. The van der Waals surface area contributed by atoms with Gasteiger partial charge in [0.2, 0.25) is 0 Å². The number of hydrogen-bond acceptors (Lipinski definition) is 3. The second-order valence-electron chi connectivity index (χ2n) is 3.26. The van der Waals surface area contributed by atoms with Gasteiger partial charge in [-0.3, -0.25) is 4.98 Å². The molecule has 0 aromatic carbocycles. The lowest BCUT2D eigenvalue weighted by Crippen LogP contribution is -2.16. The molecule has 1 aromatic heterocycles. The number of aromatic nitrogens is 1. The van der Waals surface area contributed by atoms with E-state index in [2.05, 4.69) is 16.9 Å². The van der Waals surface area contributed by atoms with Gasteiger partial charge in [0.15, 0.2) is 0 Å². The summed E-state index contributed by atoms with van der Waals surface area (Å²) in [6, 6.07) is 3.73. The fourth-order valence-corrected chi connectivity index (χ4v) is 1.29. The van der Waals surface area contributed by atoms with Gasteiger partial charge in [-0.05, 0) is 17.8 Å². The number of halogens is 3. The molecule has 0 amide bonds. The maximum atomic E-state index is 12.3. The van der Waals surface area contributed by atoms with Crippen molar-refractivity contribution in [1.29, 1.82) is 5.26 Å². The van der Waals surface area contributed by atoms with E-state index in [9.17, 15) is 13.2 Å². The molecule has 1 aromatic rings. The predicted molar refractivity (Wildman–Crippen MR) is 55.5 cm³/mol. The second kappa shape index (κ2) is 5.34. The van der Waals surface area contributed by atoms with Gasteiger partial charge in [0, 0.05) is 6.20 Å². The highest BCUT2D eigenvalue weighted by Crippen LogP contribution is 2.28. The summed E-state index contributed by atoms with van der Waals surface area (Å²) in [5.41, 5.74) is -0.435. The number of hydrogen-bond donors (Lipinski definition) is 1. The average molecular weight is 241 g/mol. The van der Waals surface area contributed by atoms with Crippen molar-refractivity contribution in [2.75, 3.05) is 0 Å². The summed E-state index contributed by atoms with van der Waals surface area (Å²) in [7, 11) is 0. The van der Waals surface area contributed by atoms with E-state index in [-0.39, 0.29) is 6.42 Å². The van der Waals surface area contributed by atoms with E-state index in [4.69, 9.17) is 5.26 Å². The fourth-order valence-electron chi connectivity index (χ4n) is 1.29. The highest BCUT2D eigenvalue weighted by atomic mass is 19.4. The van der Waals surface area contributed by atoms with Gasteiger partial charge in [0.05, 0.1) is 18.5 Å².